The molecule has 1 heterocycles. The van der Waals surface area contributed by atoms with Gasteiger partial charge in [-0.3, -0.25) is 9.69 Å². The number of carbonyl (C=O) groups excluding carboxylic acids is 1. The quantitative estimate of drug-likeness (QED) is 0.669. The van der Waals surface area contributed by atoms with E-state index in [0.29, 0.717) is 12.1 Å². The lowest BCUT2D eigenvalue weighted by molar-refractivity contribution is -0.145. The summed E-state index contributed by atoms with van der Waals surface area (Å²) in [7, 11) is 1.46. The van der Waals surface area contributed by atoms with Crippen molar-refractivity contribution in [2.75, 3.05) is 13.7 Å². The summed E-state index contributed by atoms with van der Waals surface area (Å²) in [4.78, 5) is 13.8. The largest absolute Gasteiger partial charge is 0.469 e. The maximum absolute atomic E-state index is 11.4. The summed E-state index contributed by atoms with van der Waals surface area (Å²) in [5.74, 6) is -0.103. The normalized spacial score (nSPS) is 29.1. The van der Waals surface area contributed by atoms with E-state index in [1.54, 1.807) is 0 Å². The van der Waals surface area contributed by atoms with E-state index in [0.717, 1.165) is 6.54 Å². The van der Waals surface area contributed by atoms with Crippen molar-refractivity contribution in [1.29, 1.82) is 0 Å². The average molecular weight is 213 g/mol. The number of hydrogen-bond acceptors (Lipinski definition) is 3. The van der Waals surface area contributed by atoms with E-state index >= 15 is 0 Å². The van der Waals surface area contributed by atoms with E-state index in [1.807, 2.05) is 6.92 Å². The zero-order valence-corrected chi connectivity index (χ0v) is 10.3. The minimum absolute atomic E-state index is 0.00963. The Labute approximate surface area is 92.8 Å². The predicted octanol–water partition coefficient (Wildman–Crippen LogP) is 2.06. The van der Waals surface area contributed by atoms with Crippen LogP contribution in [0, 0.1) is 5.92 Å². The highest BCUT2D eigenvalue weighted by Gasteiger charge is 2.31. The molecule has 3 nitrogen and oxygen atoms in total. The topological polar surface area (TPSA) is 29.5 Å². The molecular weight excluding hydrogens is 190 g/mol. The highest BCUT2D eigenvalue weighted by molar-refractivity contribution is 5.72. The lowest BCUT2D eigenvalue weighted by atomic mass is 10.1. The first-order valence-electron chi connectivity index (χ1n) is 5.93. The lowest BCUT2D eigenvalue weighted by Gasteiger charge is -2.29. The molecule has 1 fully saturated rings. The number of likely N-dealkylation sites (tertiary alicyclic amines) is 1. The zero-order chi connectivity index (χ0) is 11.4. The molecule has 0 aromatic carbocycles. The Morgan fingerprint density at radius 2 is 2.20 bits per heavy atom. The fraction of sp³-hybridized carbons (Fsp3) is 0.917. The molecule has 0 bridgehead atoms. The van der Waals surface area contributed by atoms with Gasteiger partial charge in [0, 0.05) is 18.6 Å². The molecule has 88 valence electrons. The number of esters is 1. The number of hydrogen-bond donors (Lipinski definition) is 0. The number of rotatable bonds is 4. The van der Waals surface area contributed by atoms with Crippen molar-refractivity contribution in [1.82, 2.24) is 4.90 Å². The summed E-state index contributed by atoms with van der Waals surface area (Å²) in [6, 6.07) is 1.27. The minimum Gasteiger partial charge on any atom is -0.469 e. The Bertz CT molecular complexity index is 218. The van der Waals surface area contributed by atoms with E-state index in [9.17, 15) is 4.79 Å². The number of carbonyl (C=O) groups is 1. The Hall–Kier alpha value is -0.570. The van der Waals surface area contributed by atoms with Gasteiger partial charge in [-0.05, 0) is 26.2 Å². The molecule has 0 spiro atoms. The van der Waals surface area contributed by atoms with Gasteiger partial charge in [-0.2, -0.15) is 0 Å². The lowest BCUT2D eigenvalue weighted by Crippen LogP contribution is -2.39. The highest BCUT2D eigenvalue weighted by Crippen LogP contribution is 2.26. The van der Waals surface area contributed by atoms with Gasteiger partial charge < -0.3 is 4.74 Å². The van der Waals surface area contributed by atoms with Crippen LogP contribution in [0.2, 0.25) is 0 Å². The van der Waals surface area contributed by atoms with Crippen LogP contribution >= 0.6 is 0 Å². The summed E-state index contributed by atoms with van der Waals surface area (Å²) < 4.78 is 4.76. The summed E-state index contributed by atoms with van der Waals surface area (Å²) in [6.07, 6.45) is 3.70. The summed E-state index contributed by atoms with van der Waals surface area (Å²) >= 11 is 0. The highest BCUT2D eigenvalue weighted by atomic mass is 16.5. The van der Waals surface area contributed by atoms with Crippen molar-refractivity contribution in [2.24, 2.45) is 5.92 Å². The SMILES string of the molecule is CCC1CCC(C)N1CC(C)C(=O)OC. The van der Waals surface area contributed by atoms with Crippen LogP contribution in [-0.2, 0) is 9.53 Å². The molecule has 1 rings (SSSR count). The second kappa shape index (κ2) is 5.50. The molecule has 3 unspecified atom stereocenters. The van der Waals surface area contributed by atoms with Gasteiger partial charge in [-0.15, -0.1) is 0 Å². The Morgan fingerprint density at radius 3 is 2.73 bits per heavy atom. The van der Waals surface area contributed by atoms with Crippen LogP contribution in [0.5, 0.6) is 0 Å². The van der Waals surface area contributed by atoms with Crippen LogP contribution in [0.15, 0.2) is 0 Å². The van der Waals surface area contributed by atoms with Gasteiger partial charge in [0.1, 0.15) is 0 Å². The molecule has 0 aliphatic carbocycles. The Balaban J connectivity index is 2.51. The molecule has 1 aliphatic heterocycles. The van der Waals surface area contributed by atoms with Crippen molar-refractivity contribution < 1.29 is 9.53 Å². The van der Waals surface area contributed by atoms with E-state index in [4.69, 9.17) is 4.74 Å². The van der Waals surface area contributed by atoms with E-state index in [-0.39, 0.29) is 11.9 Å². The molecule has 3 heteroatoms. The summed E-state index contributed by atoms with van der Waals surface area (Å²) in [6.45, 7) is 7.26. The van der Waals surface area contributed by atoms with Crippen LogP contribution < -0.4 is 0 Å². The molecule has 15 heavy (non-hydrogen) atoms. The van der Waals surface area contributed by atoms with E-state index in [1.165, 1.54) is 26.4 Å². The molecule has 1 aliphatic rings. The van der Waals surface area contributed by atoms with Crippen molar-refractivity contribution in [3.63, 3.8) is 0 Å². The molecule has 0 aromatic heterocycles. The fourth-order valence-corrected chi connectivity index (χ4v) is 2.48. The van der Waals surface area contributed by atoms with E-state index < -0.39 is 0 Å². The van der Waals surface area contributed by atoms with Gasteiger partial charge in [0.25, 0.3) is 0 Å². The standard InChI is InChI=1S/C12H23NO2/c1-5-11-7-6-10(3)13(11)8-9(2)12(14)15-4/h9-11H,5-8H2,1-4H3. The zero-order valence-electron chi connectivity index (χ0n) is 10.3. The third-order valence-corrected chi connectivity index (χ3v) is 3.51. The summed E-state index contributed by atoms with van der Waals surface area (Å²) in [5.41, 5.74) is 0. The molecule has 0 aromatic rings. The Kier molecular flexibility index (Phi) is 4.58. The molecular formula is C12H23NO2. The second-order valence-electron chi connectivity index (χ2n) is 4.61. The van der Waals surface area contributed by atoms with E-state index in [2.05, 4.69) is 18.7 Å². The van der Waals surface area contributed by atoms with Gasteiger partial charge >= 0.3 is 5.97 Å². The van der Waals surface area contributed by atoms with Gasteiger partial charge in [0.15, 0.2) is 0 Å². The Morgan fingerprint density at radius 1 is 1.53 bits per heavy atom. The first kappa shape index (κ1) is 12.5. The predicted molar refractivity (Wildman–Crippen MR) is 60.7 cm³/mol. The maximum atomic E-state index is 11.4. The fourth-order valence-electron chi connectivity index (χ4n) is 2.48. The van der Waals surface area contributed by atoms with Crippen molar-refractivity contribution in [2.45, 2.75) is 52.1 Å². The molecule has 3 atom stereocenters. The summed E-state index contributed by atoms with van der Waals surface area (Å²) in [5, 5.41) is 0. The van der Waals surface area contributed by atoms with Gasteiger partial charge in [-0.25, -0.2) is 0 Å². The maximum Gasteiger partial charge on any atom is 0.309 e. The number of nitrogens with zero attached hydrogens (tertiary/aromatic N) is 1. The number of ether oxygens (including phenoxy) is 1. The van der Waals surface area contributed by atoms with Gasteiger partial charge in [0.2, 0.25) is 0 Å². The molecule has 0 radical (unpaired) electrons. The van der Waals surface area contributed by atoms with Crippen LogP contribution in [-0.4, -0.2) is 36.6 Å². The van der Waals surface area contributed by atoms with Gasteiger partial charge in [0.05, 0.1) is 13.0 Å². The molecule has 0 saturated carbocycles. The van der Waals surface area contributed by atoms with Crippen LogP contribution in [0.1, 0.15) is 40.0 Å². The molecule has 0 amide bonds. The first-order chi connectivity index (χ1) is 7.10. The minimum atomic E-state index is -0.0936. The molecule has 0 N–H and O–H groups in total. The smallest absolute Gasteiger partial charge is 0.309 e. The monoisotopic (exact) mass is 213 g/mol. The van der Waals surface area contributed by atoms with Gasteiger partial charge in [-0.1, -0.05) is 13.8 Å². The van der Waals surface area contributed by atoms with Crippen LogP contribution in [0.25, 0.3) is 0 Å². The molecule has 1 saturated heterocycles. The third-order valence-electron chi connectivity index (χ3n) is 3.51. The second-order valence-corrected chi connectivity index (χ2v) is 4.61. The third kappa shape index (κ3) is 2.94. The van der Waals surface area contributed by atoms with Crippen molar-refractivity contribution in [3.05, 3.63) is 0 Å². The number of methoxy groups -OCH3 is 1. The average Bonchev–Trinajstić information content (AvgIpc) is 2.59. The van der Waals surface area contributed by atoms with Crippen LogP contribution in [0.4, 0.5) is 0 Å². The van der Waals surface area contributed by atoms with Crippen LogP contribution in [0.3, 0.4) is 0 Å². The van der Waals surface area contributed by atoms with Crippen molar-refractivity contribution in [3.8, 4) is 0 Å². The van der Waals surface area contributed by atoms with Crippen molar-refractivity contribution >= 4 is 5.97 Å². The first-order valence-corrected chi connectivity index (χ1v) is 5.93.